The van der Waals surface area contributed by atoms with E-state index in [1.807, 2.05) is 0 Å². The van der Waals surface area contributed by atoms with Crippen molar-refractivity contribution in [3.63, 3.8) is 0 Å². The van der Waals surface area contributed by atoms with Crippen LogP contribution in [0.3, 0.4) is 0 Å². The van der Waals surface area contributed by atoms with Crippen LogP contribution in [0.4, 0.5) is 4.39 Å². The Balaban J connectivity index is 1.92. The van der Waals surface area contributed by atoms with Crippen molar-refractivity contribution in [2.45, 2.75) is 33.3 Å². The highest BCUT2D eigenvalue weighted by molar-refractivity contribution is 5.85. The summed E-state index contributed by atoms with van der Waals surface area (Å²) in [5.41, 5.74) is 2.49. The Bertz CT molecular complexity index is 1050. The van der Waals surface area contributed by atoms with E-state index in [1.54, 1.807) is 38.1 Å². The molecule has 0 unspecified atom stereocenters. The van der Waals surface area contributed by atoms with Crippen molar-refractivity contribution in [1.82, 2.24) is 0 Å². The maximum Gasteiger partial charge on any atom is 0.339 e. The zero-order chi connectivity index (χ0) is 19.6. The first-order chi connectivity index (χ1) is 12.9. The van der Waals surface area contributed by atoms with Crippen LogP contribution in [0.5, 0.6) is 5.75 Å². The number of benzene rings is 2. The lowest BCUT2D eigenvalue weighted by atomic mass is 10.0. The predicted molar refractivity (Wildman–Crippen MR) is 98.6 cm³/mol. The van der Waals surface area contributed by atoms with Gasteiger partial charge in [-0.3, -0.25) is 4.79 Å². The molecule has 27 heavy (non-hydrogen) atoms. The quantitative estimate of drug-likeness (QED) is 0.660. The summed E-state index contributed by atoms with van der Waals surface area (Å²) in [6.07, 6.45) is -0.00371. The molecule has 1 aromatic heterocycles. The minimum atomic E-state index is -0.963. The second-order valence-electron chi connectivity index (χ2n) is 6.37. The van der Waals surface area contributed by atoms with Gasteiger partial charge in [-0.1, -0.05) is 12.1 Å². The molecule has 5 nitrogen and oxygen atoms in total. The number of rotatable bonds is 6. The molecule has 0 saturated heterocycles. The number of carbonyl (C=O) groups is 1. The summed E-state index contributed by atoms with van der Waals surface area (Å²) in [5.74, 6) is -0.709. The number of aliphatic carboxylic acids is 1. The maximum atomic E-state index is 13.0. The number of fused-ring (bicyclic) bond motifs is 1. The first-order valence-electron chi connectivity index (χ1n) is 8.51. The third kappa shape index (κ3) is 4.00. The molecular formula is C21H19FO5. The highest BCUT2D eigenvalue weighted by atomic mass is 19.1. The van der Waals surface area contributed by atoms with Gasteiger partial charge in [-0.25, -0.2) is 9.18 Å². The molecule has 2 aromatic carbocycles. The summed E-state index contributed by atoms with van der Waals surface area (Å²) in [6.45, 7) is 3.84. The molecule has 0 atom stereocenters. The Hall–Kier alpha value is -3.15. The van der Waals surface area contributed by atoms with Crippen LogP contribution >= 0.6 is 0 Å². The van der Waals surface area contributed by atoms with Crippen LogP contribution in [0, 0.1) is 19.7 Å². The number of hydrogen-bond acceptors (Lipinski definition) is 4. The van der Waals surface area contributed by atoms with Crippen LogP contribution in [-0.2, 0) is 17.8 Å². The Morgan fingerprint density at radius 3 is 2.48 bits per heavy atom. The average Bonchev–Trinajstić information content (AvgIpc) is 2.63. The Labute approximate surface area is 155 Å². The second kappa shape index (κ2) is 7.61. The Morgan fingerprint density at radius 1 is 1.11 bits per heavy atom. The molecule has 0 amide bonds. The van der Waals surface area contributed by atoms with Gasteiger partial charge in [0, 0.05) is 22.9 Å². The van der Waals surface area contributed by atoms with Gasteiger partial charge in [0.1, 0.15) is 23.8 Å². The highest BCUT2D eigenvalue weighted by Crippen LogP contribution is 2.30. The molecule has 0 aliphatic heterocycles. The molecule has 1 heterocycles. The predicted octanol–water partition coefficient (Wildman–Crippen LogP) is 4.15. The summed E-state index contributed by atoms with van der Waals surface area (Å²) < 4.78 is 24.2. The fourth-order valence-corrected chi connectivity index (χ4v) is 2.99. The van der Waals surface area contributed by atoms with Crippen molar-refractivity contribution in [2.24, 2.45) is 0 Å². The number of halogens is 1. The summed E-state index contributed by atoms with van der Waals surface area (Å²) in [7, 11) is 0. The standard InChI is InChI=1S/C21H19FO5/c1-12-16-7-9-18(26-11-14-3-5-15(22)6-4-14)13(2)20(16)27-21(25)17(12)8-10-19(23)24/h3-7,9H,8,10-11H2,1-2H3,(H,23,24). The lowest BCUT2D eigenvalue weighted by Crippen LogP contribution is -2.12. The van der Waals surface area contributed by atoms with Gasteiger partial charge in [-0.15, -0.1) is 0 Å². The zero-order valence-electron chi connectivity index (χ0n) is 15.0. The van der Waals surface area contributed by atoms with E-state index >= 15 is 0 Å². The van der Waals surface area contributed by atoms with Crippen molar-refractivity contribution in [3.05, 3.63) is 74.9 Å². The summed E-state index contributed by atoms with van der Waals surface area (Å²) in [4.78, 5) is 23.1. The first kappa shape index (κ1) is 18.6. The molecule has 140 valence electrons. The molecule has 0 radical (unpaired) electrons. The van der Waals surface area contributed by atoms with E-state index in [-0.39, 0.29) is 25.3 Å². The van der Waals surface area contributed by atoms with Gasteiger partial charge in [0.05, 0.1) is 0 Å². The maximum absolute atomic E-state index is 13.0. The summed E-state index contributed by atoms with van der Waals surface area (Å²) in [6, 6.07) is 9.61. The largest absolute Gasteiger partial charge is 0.488 e. The zero-order valence-corrected chi connectivity index (χ0v) is 15.0. The van der Waals surface area contributed by atoms with E-state index in [0.717, 1.165) is 16.5 Å². The van der Waals surface area contributed by atoms with Gasteiger partial charge in [0.15, 0.2) is 0 Å². The average molecular weight is 370 g/mol. The number of ether oxygens (including phenoxy) is 1. The monoisotopic (exact) mass is 370 g/mol. The first-order valence-corrected chi connectivity index (χ1v) is 8.51. The van der Waals surface area contributed by atoms with Crippen molar-refractivity contribution in [2.75, 3.05) is 0 Å². The molecule has 3 aromatic rings. The third-order valence-corrected chi connectivity index (χ3v) is 4.55. The van der Waals surface area contributed by atoms with Crippen LogP contribution in [0.1, 0.15) is 28.7 Å². The van der Waals surface area contributed by atoms with Gasteiger partial charge in [-0.05, 0) is 55.7 Å². The third-order valence-electron chi connectivity index (χ3n) is 4.55. The molecule has 0 spiro atoms. The minimum absolute atomic E-state index is 0.126. The number of hydrogen-bond donors (Lipinski definition) is 1. The molecule has 0 bridgehead atoms. The van der Waals surface area contributed by atoms with Gasteiger partial charge in [0.2, 0.25) is 0 Å². The van der Waals surface area contributed by atoms with E-state index in [2.05, 4.69) is 0 Å². The van der Waals surface area contributed by atoms with E-state index in [1.165, 1.54) is 12.1 Å². The normalized spacial score (nSPS) is 10.9. The lowest BCUT2D eigenvalue weighted by molar-refractivity contribution is -0.136. The Kier molecular flexibility index (Phi) is 5.26. The number of aryl methyl sites for hydroxylation is 2. The summed E-state index contributed by atoms with van der Waals surface area (Å²) in [5, 5.41) is 9.60. The van der Waals surface area contributed by atoms with Crippen LogP contribution in [0.2, 0.25) is 0 Å². The number of carboxylic acid groups (broad SMARTS) is 1. The molecule has 0 aliphatic rings. The molecule has 0 saturated carbocycles. The van der Waals surface area contributed by atoms with Crippen LogP contribution < -0.4 is 10.4 Å². The van der Waals surface area contributed by atoms with Gasteiger partial charge in [-0.2, -0.15) is 0 Å². The molecule has 3 rings (SSSR count). The van der Waals surface area contributed by atoms with Crippen LogP contribution in [-0.4, -0.2) is 11.1 Å². The summed E-state index contributed by atoms with van der Waals surface area (Å²) >= 11 is 0. The van der Waals surface area contributed by atoms with E-state index in [0.29, 0.717) is 22.5 Å². The minimum Gasteiger partial charge on any atom is -0.488 e. The second-order valence-corrected chi connectivity index (χ2v) is 6.37. The highest BCUT2D eigenvalue weighted by Gasteiger charge is 2.16. The fraction of sp³-hybridized carbons (Fsp3) is 0.238. The van der Waals surface area contributed by atoms with Crippen LogP contribution in [0.15, 0.2) is 45.6 Å². The topological polar surface area (TPSA) is 76.7 Å². The molecule has 0 aliphatic carbocycles. The van der Waals surface area contributed by atoms with E-state index in [9.17, 15) is 14.0 Å². The fourth-order valence-electron chi connectivity index (χ4n) is 2.99. The molecule has 1 N–H and O–H groups in total. The van der Waals surface area contributed by atoms with E-state index in [4.69, 9.17) is 14.3 Å². The van der Waals surface area contributed by atoms with Gasteiger partial charge >= 0.3 is 11.6 Å². The van der Waals surface area contributed by atoms with Crippen molar-refractivity contribution >= 4 is 16.9 Å². The SMILES string of the molecule is Cc1c(CCC(=O)O)c(=O)oc2c(C)c(OCc3ccc(F)cc3)ccc12. The molecular weight excluding hydrogens is 351 g/mol. The van der Waals surface area contributed by atoms with Crippen molar-refractivity contribution in [1.29, 1.82) is 0 Å². The smallest absolute Gasteiger partial charge is 0.339 e. The number of carboxylic acids is 1. The Morgan fingerprint density at radius 2 is 1.81 bits per heavy atom. The van der Waals surface area contributed by atoms with Crippen LogP contribution in [0.25, 0.3) is 11.0 Å². The molecule has 6 heteroatoms. The van der Waals surface area contributed by atoms with Gasteiger partial charge < -0.3 is 14.3 Å². The van der Waals surface area contributed by atoms with E-state index < -0.39 is 11.6 Å². The van der Waals surface area contributed by atoms with Gasteiger partial charge in [0.25, 0.3) is 0 Å². The lowest BCUT2D eigenvalue weighted by Gasteiger charge is -2.13. The van der Waals surface area contributed by atoms with Crippen molar-refractivity contribution < 1.29 is 23.4 Å². The molecule has 0 fully saturated rings. The van der Waals surface area contributed by atoms with Crippen molar-refractivity contribution in [3.8, 4) is 5.75 Å².